The van der Waals surface area contributed by atoms with E-state index in [1.807, 2.05) is 0 Å². The first kappa shape index (κ1) is 18.8. The van der Waals surface area contributed by atoms with Crippen molar-refractivity contribution in [2.45, 2.75) is 29.8 Å². The van der Waals surface area contributed by atoms with Gasteiger partial charge in [0.1, 0.15) is 5.60 Å². The third-order valence-electron chi connectivity index (χ3n) is 5.21. The number of carboxylic acid groups (broad SMARTS) is 1. The Hall–Kier alpha value is -1.97. The van der Waals surface area contributed by atoms with Gasteiger partial charge in [-0.05, 0) is 43.5 Å². The fourth-order valence-electron chi connectivity index (χ4n) is 3.34. The molecule has 1 heterocycles. The highest BCUT2D eigenvalue weighted by Crippen LogP contribution is 2.37. The third-order valence-corrected chi connectivity index (χ3v) is 7.12. The summed E-state index contributed by atoms with van der Waals surface area (Å²) in [4.78, 5) is 25.2. The topological polar surface area (TPSA) is 104 Å². The van der Waals surface area contributed by atoms with Gasteiger partial charge in [0.05, 0.1) is 10.5 Å². The van der Waals surface area contributed by atoms with E-state index in [4.69, 9.17) is 9.84 Å². The van der Waals surface area contributed by atoms with Gasteiger partial charge < -0.3 is 14.7 Å². The minimum absolute atomic E-state index is 0.0322. The number of sulfonamides is 1. The number of piperazine rings is 1. The van der Waals surface area contributed by atoms with E-state index in [9.17, 15) is 18.0 Å². The Balaban J connectivity index is 1.67. The van der Waals surface area contributed by atoms with Crippen molar-refractivity contribution in [2.24, 2.45) is 0 Å². The Morgan fingerprint density at radius 3 is 2.08 bits per heavy atom. The fourth-order valence-corrected chi connectivity index (χ4v) is 4.76. The zero-order valence-corrected chi connectivity index (χ0v) is 15.4. The summed E-state index contributed by atoms with van der Waals surface area (Å²) < 4.78 is 32.2. The van der Waals surface area contributed by atoms with Crippen LogP contribution in [0, 0.1) is 0 Å². The summed E-state index contributed by atoms with van der Waals surface area (Å²) in [5.41, 5.74) is -0.696. The van der Waals surface area contributed by atoms with E-state index in [1.165, 1.54) is 28.6 Å². The number of methoxy groups -OCH3 is 1. The number of benzene rings is 1. The number of amides is 1. The van der Waals surface area contributed by atoms with Gasteiger partial charge in [0.2, 0.25) is 10.0 Å². The second-order valence-electron chi connectivity index (χ2n) is 6.58. The third kappa shape index (κ3) is 3.22. The molecule has 1 amide bonds. The van der Waals surface area contributed by atoms with Gasteiger partial charge in [-0.1, -0.05) is 0 Å². The molecule has 3 rings (SSSR count). The van der Waals surface area contributed by atoms with Crippen LogP contribution in [0.1, 0.15) is 29.6 Å². The lowest BCUT2D eigenvalue weighted by molar-refractivity contribution is -0.167. The molecule has 0 atom stereocenters. The molecular weight excluding hydrogens is 360 g/mol. The maximum Gasteiger partial charge on any atom is 0.335 e. The number of aromatic carboxylic acids is 1. The molecule has 2 aliphatic rings. The largest absolute Gasteiger partial charge is 0.478 e. The average Bonchev–Trinajstić information content (AvgIpc) is 2.61. The van der Waals surface area contributed by atoms with Crippen molar-refractivity contribution in [3.63, 3.8) is 0 Å². The Bertz CT molecular complexity index is 788. The molecule has 9 heteroatoms. The first-order valence-electron chi connectivity index (χ1n) is 8.48. The van der Waals surface area contributed by atoms with Crippen LogP contribution < -0.4 is 0 Å². The van der Waals surface area contributed by atoms with Crippen LogP contribution in [0.2, 0.25) is 0 Å². The number of carbonyl (C=O) groups is 2. The number of nitrogens with zero attached hydrogens (tertiary/aromatic N) is 2. The summed E-state index contributed by atoms with van der Waals surface area (Å²) in [5, 5.41) is 8.91. The van der Waals surface area contributed by atoms with E-state index in [0.717, 1.165) is 6.42 Å². The summed E-state index contributed by atoms with van der Waals surface area (Å²) in [5.74, 6) is -1.17. The predicted molar refractivity (Wildman–Crippen MR) is 92.3 cm³/mol. The molecule has 1 aromatic carbocycles. The van der Waals surface area contributed by atoms with Crippen LogP contribution in [-0.4, -0.2) is 73.5 Å². The molecular formula is C17H22N2O6S. The minimum atomic E-state index is -3.72. The van der Waals surface area contributed by atoms with Crippen molar-refractivity contribution in [3.05, 3.63) is 29.8 Å². The van der Waals surface area contributed by atoms with Gasteiger partial charge in [-0.25, -0.2) is 13.2 Å². The summed E-state index contributed by atoms with van der Waals surface area (Å²) in [6, 6.07) is 5.14. The molecule has 1 aliphatic heterocycles. The molecule has 0 bridgehead atoms. The molecule has 1 N–H and O–H groups in total. The van der Waals surface area contributed by atoms with Gasteiger partial charge >= 0.3 is 5.97 Å². The van der Waals surface area contributed by atoms with E-state index >= 15 is 0 Å². The standard InChI is InChI=1S/C17H22N2O6S/c1-25-17(7-2-8-17)16(22)18-9-11-19(12-10-18)26(23,24)14-5-3-13(4-6-14)15(20)21/h3-6H,2,7-12H2,1H3,(H,20,21). The van der Waals surface area contributed by atoms with Gasteiger partial charge in [-0.3, -0.25) is 4.79 Å². The van der Waals surface area contributed by atoms with Crippen LogP contribution in [0.5, 0.6) is 0 Å². The van der Waals surface area contributed by atoms with Crippen LogP contribution in [-0.2, 0) is 19.6 Å². The van der Waals surface area contributed by atoms with Crippen LogP contribution in [0.3, 0.4) is 0 Å². The number of hydrogen-bond acceptors (Lipinski definition) is 5. The van der Waals surface area contributed by atoms with Crippen LogP contribution in [0.15, 0.2) is 29.2 Å². The smallest absolute Gasteiger partial charge is 0.335 e. The average molecular weight is 382 g/mol. The summed E-state index contributed by atoms with van der Waals surface area (Å²) >= 11 is 0. The molecule has 26 heavy (non-hydrogen) atoms. The van der Waals surface area contributed by atoms with Crippen molar-refractivity contribution >= 4 is 21.9 Å². The van der Waals surface area contributed by atoms with Crippen LogP contribution in [0.4, 0.5) is 0 Å². The van der Waals surface area contributed by atoms with Gasteiger partial charge in [0.15, 0.2) is 0 Å². The SMILES string of the molecule is COC1(C(=O)N2CCN(S(=O)(=O)c3ccc(C(=O)O)cc3)CC2)CCC1. The maximum atomic E-state index is 12.7. The first-order chi connectivity index (χ1) is 12.3. The summed E-state index contributed by atoms with van der Waals surface area (Å²) in [6.45, 7) is 1.04. The molecule has 142 valence electrons. The second kappa shape index (κ2) is 6.98. The zero-order valence-electron chi connectivity index (χ0n) is 14.6. The maximum absolute atomic E-state index is 12.7. The van der Waals surface area contributed by atoms with E-state index in [2.05, 4.69) is 0 Å². The van der Waals surface area contributed by atoms with E-state index < -0.39 is 21.6 Å². The van der Waals surface area contributed by atoms with Crippen molar-refractivity contribution < 1.29 is 27.9 Å². The van der Waals surface area contributed by atoms with Crippen LogP contribution >= 0.6 is 0 Å². The van der Waals surface area contributed by atoms with Crippen molar-refractivity contribution in [2.75, 3.05) is 33.3 Å². The Morgan fingerprint density at radius 2 is 1.65 bits per heavy atom. The number of hydrogen-bond donors (Lipinski definition) is 1. The normalized spacial score (nSPS) is 20.4. The molecule has 8 nitrogen and oxygen atoms in total. The zero-order chi connectivity index (χ0) is 18.9. The first-order valence-corrected chi connectivity index (χ1v) is 9.92. The highest BCUT2D eigenvalue weighted by Gasteiger charge is 2.47. The van der Waals surface area contributed by atoms with Gasteiger partial charge in [-0.15, -0.1) is 0 Å². The van der Waals surface area contributed by atoms with Gasteiger partial charge in [0, 0.05) is 33.3 Å². The number of carbonyl (C=O) groups excluding carboxylic acids is 1. The van der Waals surface area contributed by atoms with Crippen molar-refractivity contribution in [1.82, 2.24) is 9.21 Å². The lowest BCUT2D eigenvalue weighted by Gasteiger charge is -2.44. The summed E-state index contributed by atoms with van der Waals surface area (Å²) in [7, 11) is -2.17. The van der Waals surface area contributed by atoms with E-state index in [-0.39, 0.29) is 29.5 Å². The molecule has 0 spiro atoms. The molecule has 0 radical (unpaired) electrons. The second-order valence-corrected chi connectivity index (χ2v) is 8.52. The molecule has 1 saturated carbocycles. The quantitative estimate of drug-likeness (QED) is 0.807. The molecule has 0 aromatic heterocycles. The predicted octanol–water partition coefficient (Wildman–Crippen LogP) is 0.787. The molecule has 1 aromatic rings. The number of rotatable bonds is 5. The van der Waals surface area contributed by atoms with Crippen LogP contribution in [0.25, 0.3) is 0 Å². The lowest BCUT2D eigenvalue weighted by atomic mass is 9.78. The van der Waals surface area contributed by atoms with Crippen molar-refractivity contribution in [3.8, 4) is 0 Å². The highest BCUT2D eigenvalue weighted by molar-refractivity contribution is 7.89. The number of ether oxygens (including phenoxy) is 1. The highest BCUT2D eigenvalue weighted by atomic mass is 32.2. The van der Waals surface area contributed by atoms with Gasteiger partial charge in [-0.2, -0.15) is 4.31 Å². The van der Waals surface area contributed by atoms with E-state index in [0.29, 0.717) is 25.9 Å². The Morgan fingerprint density at radius 1 is 1.08 bits per heavy atom. The molecule has 1 saturated heterocycles. The monoisotopic (exact) mass is 382 g/mol. The molecule has 0 unspecified atom stereocenters. The Labute approximate surface area is 152 Å². The fraction of sp³-hybridized carbons (Fsp3) is 0.529. The van der Waals surface area contributed by atoms with Gasteiger partial charge in [0.25, 0.3) is 5.91 Å². The van der Waals surface area contributed by atoms with E-state index in [1.54, 1.807) is 12.0 Å². The minimum Gasteiger partial charge on any atom is -0.478 e. The van der Waals surface area contributed by atoms with Crippen molar-refractivity contribution in [1.29, 1.82) is 0 Å². The molecule has 2 fully saturated rings. The molecule has 1 aliphatic carbocycles. The lowest BCUT2D eigenvalue weighted by Crippen LogP contribution is -2.59. The Kier molecular flexibility index (Phi) is 5.05. The summed E-state index contributed by atoms with van der Waals surface area (Å²) in [6.07, 6.45) is 2.37. The number of carboxylic acids is 1.